The fraction of sp³-hybridized carbons (Fsp3) is 0.375. The summed E-state index contributed by atoms with van der Waals surface area (Å²) in [6.45, 7) is 5.58. The zero-order chi connectivity index (χ0) is 16.4. The van der Waals surface area contributed by atoms with Crippen molar-refractivity contribution in [2.24, 2.45) is 5.16 Å². The Kier molecular flexibility index (Phi) is 8.77. The lowest BCUT2D eigenvalue weighted by atomic mass is 10.1. The summed E-state index contributed by atoms with van der Waals surface area (Å²) in [7, 11) is 0. The minimum absolute atomic E-state index is 0.179. The smallest absolute Gasteiger partial charge is 0.220 e. The van der Waals surface area contributed by atoms with Gasteiger partial charge in [0.1, 0.15) is 18.2 Å². The molecule has 0 aromatic heterocycles. The van der Waals surface area contributed by atoms with E-state index >= 15 is 0 Å². The lowest BCUT2D eigenvalue weighted by Crippen LogP contribution is -2.04. The maximum absolute atomic E-state index is 13.6. The Bertz CT molecular complexity index is 547. The number of thiocarbonyl (C=S) groups is 1. The molecule has 0 radical (unpaired) electrons. The first-order chi connectivity index (χ1) is 10.6. The van der Waals surface area contributed by atoms with Gasteiger partial charge in [-0.3, -0.25) is 0 Å². The molecule has 3 nitrogen and oxygen atoms in total. The van der Waals surface area contributed by atoms with E-state index in [1.807, 2.05) is 19.2 Å². The van der Waals surface area contributed by atoms with Crippen molar-refractivity contribution in [3.05, 3.63) is 47.0 Å². The van der Waals surface area contributed by atoms with E-state index in [4.69, 9.17) is 21.8 Å². The second-order valence-electron chi connectivity index (χ2n) is 4.61. The molecule has 6 heteroatoms. The third-order valence-electron chi connectivity index (χ3n) is 3.03. The zero-order valence-electron chi connectivity index (χ0n) is 12.8. The minimum atomic E-state index is -0.179. The molecule has 1 aromatic carbocycles. The molecule has 0 N–H and O–H groups in total. The Morgan fingerprint density at radius 2 is 2.14 bits per heavy atom. The van der Waals surface area contributed by atoms with E-state index < -0.39 is 0 Å². The molecule has 0 amide bonds. The van der Waals surface area contributed by atoms with E-state index in [-0.39, 0.29) is 5.82 Å². The van der Waals surface area contributed by atoms with E-state index in [2.05, 4.69) is 11.9 Å². The van der Waals surface area contributed by atoms with Crippen LogP contribution in [0.15, 0.2) is 40.8 Å². The Balaban J connectivity index is 2.57. The Morgan fingerprint density at radius 1 is 1.41 bits per heavy atom. The van der Waals surface area contributed by atoms with Crippen LogP contribution in [0.5, 0.6) is 0 Å². The van der Waals surface area contributed by atoms with Crippen LogP contribution in [0.4, 0.5) is 4.39 Å². The van der Waals surface area contributed by atoms with Gasteiger partial charge >= 0.3 is 0 Å². The molecule has 0 aliphatic carbocycles. The number of aryl methyl sites for hydroxylation is 1. The maximum atomic E-state index is 13.6. The van der Waals surface area contributed by atoms with Crippen molar-refractivity contribution >= 4 is 35.1 Å². The molecule has 120 valence electrons. The van der Waals surface area contributed by atoms with Crippen molar-refractivity contribution in [3.8, 4) is 0 Å². The SMILES string of the molecule is C=NO/C(CCCc1ccccc1F)=C(\C)COC(=S)SC. The van der Waals surface area contributed by atoms with Crippen molar-refractivity contribution in [2.45, 2.75) is 26.2 Å². The van der Waals surface area contributed by atoms with Crippen LogP contribution in [-0.4, -0.2) is 24.0 Å². The van der Waals surface area contributed by atoms with Crippen molar-refractivity contribution in [2.75, 3.05) is 12.9 Å². The third kappa shape index (κ3) is 6.58. The number of hydrogen-bond acceptors (Lipinski definition) is 5. The van der Waals surface area contributed by atoms with Crippen LogP contribution >= 0.6 is 24.0 Å². The van der Waals surface area contributed by atoms with Gasteiger partial charge in [0.05, 0.1) is 0 Å². The van der Waals surface area contributed by atoms with E-state index in [0.717, 1.165) is 12.0 Å². The average molecular weight is 341 g/mol. The molecule has 1 rings (SSSR count). The number of allylic oxidation sites excluding steroid dienone is 1. The van der Waals surface area contributed by atoms with Crippen LogP contribution in [0.25, 0.3) is 0 Å². The number of rotatable bonds is 8. The highest BCUT2D eigenvalue weighted by Crippen LogP contribution is 2.18. The van der Waals surface area contributed by atoms with Gasteiger partial charge in [0.15, 0.2) is 0 Å². The second-order valence-corrected chi connectivity index (χ2v) is 6.02. The Labute approximate surface area is 140 Å². The molecule has 0 heterocycles. The van der Waals surface area contributed by atoms with Crippen LogP contribution in [0.2, 0.25) is 0 Å². The first-order valence-electron chi connectivity index (χ1n) is 6.84. The van der Waals surface area contributed by atoms with E-state index in [1.54, 1.807) is 12.1 Å². The number of benzene rings is 1. The van der Waals surface area contributed by atoms with Gasteiger partial charge in [0, 0.05) is 18.7 Å². The lowest BCUT2D eigenvalue weighted by Gasteiger charge is -2.11. The summed E-state index contributed by atoms with van der Waals surface area (Å²) in [5.74, 6) is 0.511. The summed E-state index contributed by atoms with van der Waals surface area (Å²) < 4.78 is 19.4. The zero-order valence-corrected chi connectivity index (χ0v) is 14.4. The predicted octanol–water partition coefficient (Wildman–Crippen LogP) is 4.72. The second kappa shape index (κ2) is 10.3. The lowest BCUT2D eigenvalue weighted by molar-refractivity contribution is 0.208. The Morgan fingerprint density at radius 3 is 2.77 bits per heavy atom. The summed E-state index contributed by atoms with van der Waals surface area (Å²) >= 11 is 6.37. The normalized spacial score (nSPS) is 11.6. The first kappa shape index (κ1) is 18.6. The summed E-state index contributed by atoms with van der Waals surface area (Å²) in [5.41, 5.74) is 1.60. The highest BCUT2D eigenvalue weighted by Gasteiger charge is 2.08. The van der Waals surface area contributed by atoms with E-state index in [0.29, 0.717) is 35.2 Å². The predicted molar refractivity (Wildman–Crippen MR) is 94.7 cm³/mol. The van der Waals surface area contributed by atoms with Crippen LogP contribution in [0.3, 0.4) is 0 Å². The van der Waals surface area contributed by atoms with Crippen LogP contribution in [-0.2, 0) is 16.0 Å². The molecule has 0 bridgehead atoms. The monoisotopic (exact) mass is 341 g/mol. The summed E-state index contributed by atoms with van der Waals surface area (Å²) in [4.78, 5) is 5.21. The van der Waals surface area contributed by atoms with Gasteiger partial charge in [-0.05, 0) is 49.9 Å². The summed E-state index contributed by atoms with van der Waals surface area (Å²) in [6, 6.07) is 6.78. The maximum Gasteiger partial charge on any atom is 0.220 e. The van der Waals surface area contributed by atoms with Gasteiger partial charge in [0.25, 0.3) is 0 Å². The molecule has 0 saturated heterocycles. The number of halogens is 1. The molecule has 0 aliphatic rings. The number of nitrogens with zero attached hydrogens (tertiary/aromatic N) is 1. The molecular formula is C16H20FNO2S2. The molecule has 0 unspecified atom stereocenters. The van der Waals surface area contributed by atoms with Crippen molar-refractivity contribution in [3.63, 3.8) is 0 Å². The quantitative estimate of drug-likeness (QED) is 0.296. The molecule has 0 aliphatic heterocycles. The molecule has 1 aromatic rings. The first-order valence-corrected chi connectivity index (χ1v) is 8.47. The summed E-state index contributed by atoms with van der Waals surface area (Å²) in [5, 5.41) is 3.47. The van der Waals surface area contributed by atoms with Gasteiger partial charge in [0.2, 0.25) is 4.38 Å². The van der Waals surface area contributed by atoms with E-state index in [1.165, 1.54) is 17.8 Å². The fourth-order valence-corrected chi connectivity index (χ4v) is 2.10. The molecule has 0 fully saturated rings. The van der Waals surface area contributed by atoms with Gasteiger partial charge in [-0.15, -0.1) is 0 Å². The van der Waals surface area contributed by atoms with Crippen LogP contribution < -0.4 is 0 Å². The van der Waals surface area contributed by atoms with Crippen molar-refractivity contribution in [1.82, 2.24) is 0 Å². The van der Waals surface area contributed by atoms with Gasteiger partial charge in [-0.25, -0.2) is 4.39 Å². The van der Waals surface area contributed by atoms with Crippen molar-refractivity contribution in [1.29, 1.82) is 0 Å². The average Bonchev–Trinajstić information content (AvgIpc) is 2.53. The molecule has 0 atom stereocenters. The van der Waals surface area contributed by atoms with Gasteiger partial charge in [-0.1, -0.05) is 35.1 Å². The summed E-state index contributed by atoms with van der Waals surface area (Å²) in [6.07, 6.45) is 3.87. The van der Waals surface area contributed by atoms with Crippen molar-refractivity contribution < 1.29 is 14.0 Å². The number of ether oxygens (including phenoxy) is 1. The van der Waals surface area contributed by atoms with E-state index in [9.17, 15) is 4.39 Å². The minimum Gasteiger partial charge on any atom is -0.474 e. The molecule has 22 heavy (non-hydrogen) atoms. The number of hydrogen-bond donors (Lipinski definition) is 0. The standard InChI is InChI=1S/C16H20FNO2S2/c1-12(11-19-16(21)22-3)15(20-18-2)10-6-8-13-7-4-5-9-14(13)17/h4-5,7,9H,2,6,8,10-11H2,1,3H3/b15-12+. The molecular weight excluding hydrogens is 321 g/mol. The topological polar surface area (TPSA) is 30.8 Å². The van der Waals surface area contributed by atoms with Crippen LogP contribution in [0.1, 0.15) is 25.3 Å². The largest absolute Gasteiger partial charge is 0.474 e. The number of oxime groups is 1. The van der Waals surface area contributed by atoms with Crippen LogP contribution in [0, 0.1) is 5.82 Å². The van der Waals surface area contributed by atoms with Gasteiger partial charge < -0.3 is 9.57 Å². The Hall–Kier alpha value is -1.40. The van der Waals surface area contributed by atoms with Gasteiger partial charge in [-0.2, -0.15) is 0 Å². The number of thioether (sulfide) groups is 1. The fourth-order valence-electron chi connectivity index (χ4n) is 1.86. The third-order valence-corrected chi connectivity index (χ3v) is 4.10. The highest BCUT2D eigenvalue weighted by atomic mass is 32.2. The molecule has 0 spiro atoms. The molecule has 0 saturated carbocycles. The highest BCUT2D eigenvalue weighted by molar-refractivity contribution is 8.22.